The Kier molecular flexibility index (Phi) is 6.91. The third-order valence-electron chi connectivity index (χ3n) is 2.79. The maximum atomic E-state index is 8.28. The first kappa shape index (κ1) is 18.8. The molecule has 1 N–H and O–H groups in total. The molecule has 0 heterocycles. The van der Waals surface area contributed by atoms with E-state index in [0.29, 0.717) is 5.71 Å². The minimum Gasteiger partial charge on any atom is -0.338 e. The van der Waals surface area contributed by atoms with E-state index in [1.54, 1.807) is 0 Å². The summed E-state index contributed by atoms with van der Waals surface area (Å²) in [5, 5.41) is 8.74. The fraction of sp³-hybridized carbons (Fsp3) is 0.500. The molecule has 0 fully saturated rings. The van der Waals surface area contributed by atoms with E-state index < -0.39 is 0 Å². The van der Waals surface area contributed by atoms with Gasteiger partial charge in [-0.2, -0.15) is 19.6 Å². The summed E-state index contributed by atoms with van der Waals surface area (Å²) in [4.78, 5) is 0. The van der Waals surface area contributed by atoms with Gasteiger partial charge < -0.3 is 5.41 Å². The molecule has 0 amide bonds. The largest absolute Gasteiger partial charge is 1.00 e. The zero-order valence-electron chi connectivity index (χ0n) is 13.4. The summed E-state index contributed by atoms with van der Waals surface area (Å²) in [7, 11) is -0.355. The number of benzene rings is 1. The van der Waals surface area contributed by atoms with Gasteiger partial charge in [0.25, 0.3) is 0 Å². The van der Waals surface area contributed by atoms with Gasteiger partial charge in [0, 0.05) is 0 Å². The smallest absolute Gasteiger partial charge is 0.338 e. The Labute approximate surface area is 132 Å². The van der Waals surface area contributed by atoms with Gasteiger partial charge in [-0.05, 0) is 10.3 Å². The van der Waals surface area contributed by atoms with Gasteiger partial charge in [-0.15, -0.1) is 12.1 Å². The molecule has 0 aliphatic heterocycles. The van der Waals surface area contributed by atoms with Crippen molar-refractivity contribution in [2.45, 2.75) is 51.9 Å². The molecule has 3 heteroatoms. The van der Waals surface area contributed by atoms with Crippen molar-refractivity contribution < 1.29 is 18.9 Å². The Hall–Kier alpha value is -0.213. The van der Waals surface area contributed by atoms with Crippen molar-refractivity contribution in [3.05, 3.63) is 42.1 Å². The minimum atomic E-state index is -0.355. The maximum absolute atomic E-state index is 8.28. The predicted octanol–water partition coefficient (Wildman–Crippen LogP) is 2.30. The van der Waals surface area contributed by atoms with Crippen LogP contribution in [0, 0.1) is 11.6 Å². The predicted molar refractivity (Wildman–Crippen MR) is 84.0 cm³/mol. The molecule has 0 aliphatic rings. The summed E-state index contributed by atoms with van der Waals surface area (Å²) < 4.78 is 0. The van der Waals surface area contributed by atoms with Crippen LogP contribution in [-0.2, 0) is 0 Å². The minimum absolute atomic E-state index is 0. The second-order valence-electron chi connectivity index (χ2n) is 6.62. The molecular formula is C16H25LiNP. The molecule has 19 heavy (non-hydrogen) atoms. The maximum Gasteiger partial charge on any atom is 1.00 e. The summed E-state index contributed by atoms with van der Waals surface area (Å²) in [6.45, 7) is 13.7. The first-order valence-corrected chi connectivity index (χ1v) is 7.82. The van der Waals surface area contributed by atoms with E-state index in [0.717, 1.165) is 5.56 Å². The standard InChI is InChI=1S/C16H25NP.Li/c1-15(2,3)18(16(4,5)6)12-14(17)13-10-8-7-9-11-13;/h7-12,17H,1-6H3;/q-1;+1. The van der Waals surface area contributed by atoms with E-state index >= 15 is 0 Å². The van der Waals surface area contributed by atoms with Crippen LogP contribution in [0.3, 0.4) is 0 Å². The average molecular weight is 269 g/mol. The molecule has 1 nitrogen and oxygen atoms in total. The van der Waals surface area contributed by atoms with Crippen molar-refractivity contribution in [1.29, 1.82) is 5.41 Å². The second kappa shape index (κ2) is 6.99. The fourth-order valence-corrected chi connectivity index (χ4v) is 5.41. The molecule has 1 aromatic rings. The van der Waals surface area contributed by atoms with Crippen molar-refractivity contribution >= 4 is 13.6 Å². The molecule has 1 aromatic carbocycles. The molecule has 0 atom stereocenters. The molecule has 100 valence electrons. The molecular weight excluding hydrogens is 244 g/mol. The Morgan fingerprint density at radius 1 is 0.947 bits per heavy atom. The molecule has 0 spiro atoms. The Balaban J connectivity index is 0.00000324. The zero-order chi connectivity index (χ0) is 14.0. The fourth-order valence-electron chi connectivity index (χ4n) is 2.21. The number of hydrogen-bond donors (Lipinski definition) is 1. The van der Waals surface area contributed by atoms with E-state index in [9.17, 15) is 0 Å². The second-order valence-corrected chi connectivity index (χ2v) is 10.3. The third kappa shape index (κ3) is 5.74. The van der Waals surface area contributed by atoms with E-state index in [-0.39, 0.29) is 37.1 Å². The van der Waals surface area contributed by atoms with Crippen LogP contribution in [0.25, 0.3) is 0 Å². The summed E-state index contributed by atoms with van der Waals surface area (Å²) in [5.41, 5.74) is 1.67. The average Bonchev–Trinajstić information content (AvgIpc) is 2.23. The van der Waals surface area contributed by atoms with Gasteiger partial charge >= 0.3 is 18.9 Å². The first-order chi connectivity index (χ1) is 8.12. The van der Waals surface area contributed by atoms with Gasteiger partial charge in [-0.1, -0.05) is 65.5 Å². The topological polar surface area (TPSA) is 23.9 Å². The SMILES string of the molecule is CC(C)(C)P([CH-]C(=N)c1ccccc1)C(C)(C)C.[Li+]. The van der Waals surface area contributed by atoms with Crippen LogP contribution in [0.2, 0.25) is 0 Å². The van der Waals surface area contributed by atoms with Crippen LogP contribution >= 0.6 is 7.92 Å². The van der Waals surface area contributed by atoms with Gasteiger partial charge in [0.05, 0.1) is 0 Å². The summed E-state index contributed by atoms with van der Waals surface area (Å²) >= 11 is 0. The first-order valence-electron chi connectivity index (χ1n) is 6.40. The molecule has 0 radical (unpaired) electrons. The van der Waals surface area contributed by atoms with Crippen molar-refractivity contribution in [1.82, 2.24) is 0 Å². The molecule has 1 rings (SSSR count). The van der Waals surface area contributed by atoms with Crippen LogP contribution in [0.1, 0.15) is 47.1 Å². The van der Waals surface area contributed by atoms with Crippen molar-refractivity contribution in [2.75, 3.05) is 0 Å². The van der Waals surface area contributed by atoms with Crippen molar-refractivity contribution in [2.24, 2.45) is 0 Å². The van der Waals surface area contributed by atoms with E-state index in [1.165, 1.54) is 0 Å². The Bertz CT molecular complexity index is 387. The van der Waals surface area contributed by atoms with Crippen molar-refractivity contribution in [3.8, 4) is 0 Å². The monoisotopic (exact) mass is 269 g/mol. The Morgan fingerprint density at radius 3 is 1.74 bits per heavy atom. The zero-order valence-corrected chi connectivity index (χ0v) is 14.3. The van der Waals surface area contributed by atoms with Crippen LogP contribution < -0.4 is 18.9 Å². The van der Waals surface area contributed by atoms with E-state index in [4.69, 9.17) is 5.41 Å². The normalized spacial score (nSPS) is 11.9. The van der Waals surface area contributed by atoms with Crippen LogP contribution in [0.4, 0.5) is 0 Å². The quantitative estimate of drug-likeness (QED) is 0.377. The van der Waals surface area contributed by atoms with E-state index in [2.05, 4.69) is 47.7 Å². The molecule has 0 bridgehead atoms. The molecule has 0 saturated heterocycles. The van der Waals surface area contributed by atoms with Crippen molar-refractivity contribution in [3.63, 3.8) is 0 Å². The van der Waals surface area contributed by atoms with Gasteiger partial charge in [0.2, 0.25) is 0 Å². The third-order valence-corrected chi connectivity index (χ3v) is 6.20. The summed E-state index contributed by atoms with van der Waals surface area (Å²) in [6, 6.07) is 10.0. The number of hydrogen-bond acceptors (Lipinski definition) is 1. The van der Waals surface area contributed by atoms with Crippen LogP contribution in [-0.4, -0.2) is 16.0 Å². The Morgan fingerprint density at radius 2 is 1.37 bits per heavy atom. The number of rotatable bonds is 3. The molecule has 0 unspecified atom stereocenters. The molecule has 0 aromatic heterocycles. The van der Waals surface area contributed by atoms with Crippen LogP contribution in [0.15, 0.2) is 30.3 Å². The van der Waals surface area contributed by atoms with Gasteiger partial charge in [0.1, 0.15) is 0 Å². The molecule has 0 aliphatic carbocycles. The molecule has 0 saturated carbocycles. The van der Waals surface area contributed by atoms with E-state index in [1.807, 2.05) is 30.3 Å². The van der Waals surface area contributed by atoms with Gasteiger partial charge in [-0.3, -0.25) is 0 Å². The van der Waals surface area contributed by atoms with Gasteiger partial charge in [-0.25, -0.2) is 0 Å². The van der Waals surface area contributed by atoms with Gasteiger partial charge in [0.15, 0.2) is 0 Å². The summed E-state index contributed by atoms with van der Waals surface area (Å²) in [5.74, 6) is 0. The van der Waals surface area contributed by atoms with Crippen LogP contribution in [0.5, 0.6) is 0 Å². The summed E-state index contributed by atoms with van der Waals surface area (Å²) in [6.07, 6.45) is 2.19. The number of nitrogens with one attached hydrogen (secondary N) is 1.